The maximum Gasteiger partial charge on any atom is 0.191 e. The van der Waals surface area contributed by atoms with Crippen LogP contribution in [0.4, 0.5) is 0 Å². The largest absolute Gasteiger partial charge is 0.465 e. The number of para-hydroxylation sites is 1. The predicted octanol–water partition coefficient (Wildman–Crippen LogP) is 3.89. The number of aromatic nitrogens is 2. The minimum atomic E-state index is 0.201. The Morgan fingerprint density at radius 2 is 1.88 bits per heavy atom. The Bertz CT molecular complexity index is 1060. The van der Waals surface area contributed by atoms with Gasteiger partial charge in [0.15, 0.2) is 5.96 Å². The van der Waals surface area contributed by atoms with Crippen molar-refractivity contribution in [1.82, 2.24) is 25.3 Å². The van der Waals surface area contributed by atoms with Crippen molar-refractivity contribution in [3.63, 3.8) is 0 Å². The van der Waals surface area contributed by atoms with Gasteiger partial charge in [0.2, 0.25) is 0 Å². The second-order valence-electron chi connectivity index (χ2n) is 8.48. The number of guanidine groups is 1. The molecule has 0 saturated carbocycles. The molecule has 1 aliphatic rings. The van der Waals surface area contributed by atoms with Gasteiger partial charge < -0.3 is 15.1 Å². The molecule has 0 radical (unpaired) electrons. The Hall–Kier alpha value is -3.06. The number of benzene rings is 1. The molecule has 0 aliphatic carbocycles. The molecule has 4 rings (SSSR count). The van der Waals surface area contributed by atoms with Crippen LogP contribution in [0.15, 0.2) is 51.9 Å². The standard InChI is InChI=1S/C25H34N6O/c1-18-15-19(2)31(29-18)22-10-6-5-9-21(22)16-27-25(26-4)28-17-23(30-13-7-8-14-30)24-12-11-20(3)32-24/h5-6,9-12,15,23H,7-8,13-14,16-17H2,1-4H3,(H2,26,27,28). The molecule has 0 spiro atoms. The minimum absolute atomic E-state index is 0.201. The molecule has 0 bridgehead atoms. The molecule has 2 N–H and O–H groups in total. The lowest BCUT2D eigenvalue weighted by Gasteiger charge is -2.27. The molecule has 1 saturated heterocycles. The van der Waals surface area contributed by atoms with Gasteiger partial charge in [-0.3, -0.25) is 9.89 Å². The number of hydrogen-bond donors (Lipinski definition) is 2. The number of aryl methyl sites for hydroxylation is 3. The second-order valence-corrected chi connectivity index (χ2v) is 8.48. The molecular formula is C25H34N6O. The van der Waals surface area contributed by atoms with Gasteiger partial charge in [0, 0.05) is 25.8 Å². The zero-order valence-corrected chi connectivity index (χ0v) is 19.6. The van der Waals surface area contributed by atoms with Crippen LogP contribution in [0.1, 0.15) is 47.4 Å². The highest BCUT2D eigenvalue weighted by molar-refractivity contribution is 5.79. The van der Waals surface area contributed by atoms with E-state index in [1.165, 1.54) is 18.4 Å². The number of furan rings is 1. The van der Waals surface area contributed by atoms with E-state index in [9.17, 15) is 0 Å². The van der Waals surface area contributed by atoms with Crippen molar-refractivity contribution < 1.29 is 4.42 Å². The topological polar surface area (TPSA) is 70.6 Å². The molecule has 2 aromatic heterocycles. The van der Waals surface area contributed by atoms with Crippen LogP contribution in [0, 0.1) is 20.8 Å². The summed E-state index contributed by atoms with van der Waals surface area (Å²) in [6, 6.07) is 14.8. The summed E-state index contributed by atoms with van der Waals surface area (Å²) in [5, 5.41) is 11.6. The van der Waals surface area contributed by atoms with Crippen molar-refractivity contribution in [3.8, 4) is 5.69 Å². The van der Waals surface area contributed by atoms with Gasteiger partial charge in [-0.2, -0.15) is 5.10 Å². The third kappa shape index (κ3) is 5.05. The molecule has 3 heterocycles. The van der Waals surface area contributed by atoms with Crippen molar-refractivity contribution in [3.05, 3.63) is 70.9 Å². The Morgan fingerprint density at radius 1 is 1.09 bits per heavy atom. The average Bonchev–Trinajstić information content (AvgIpc) is 3.53. The fourth-order valence-electron chi connectivity index (χ4n) is 4.43. The molecule has 32 heavy (non-hydrogen) atoms. The van der Waals surface area contributed by atoms with E-state index >= 15 is 0 Å². The predicted molar refractivity (Wildman–Crippen MR) is 128 cm³/mol. The van der Waals surface area contributed by atoms with Crippen LogP contribution in [0.5, 0.6) is 0 Å². The minimum Gasteiger partial charge on any atom is -0.465 e. The number of aliphatic imine (C=N–C) groups is 1. The van der Waals surface area contributed by atoms with E-state index in [1.807, 2.05) is 37.7 Å². The number of rotatable bonds is 7. The molecule has 1 atom stereocenters. The molecule has 7 heteroatoms. The summed E-state index contributed by atoms with van der Waals surface area (Å²) in [6.45, 7) is 9.71. The molecular weight excluding hydrogens is 400 g/mol. The lowest BCUT2D eigenvalue weighted by atomic mass is 10.1. The van der Waals surface area contributed by atoms with E-state index in [2.05, 4.69) is 62.9 Å². The highest BCUT2D eigenvalue weighted by Gasteiger charge is 2.26. The Kier molecular flexibility index (Phi) is 6.95. The highest BCUT2D eigenvalue weighted by Crippen LogP contribution is 2.26. The van der Waals surface area contributed by atoms with E-state index in [1.54, 1.807) is 0 Å². The number of nitrogens with one attached hydrogen (secondary N) is 2. The van der Waals surface area contributed by atoms with Crippen LogP contribution in [0.25, 0.3) is 5.69 Å². The van der Waals surface area contributed by atoms with E-state index < -0.39 is 0 Å². The summed E-state index contributed by atoms with van der Waals surface area (Å²) in [7, 11) is 1.81. The lowest BCUT2D eigenvalue weighted by Crippen LogP contribution is -2.42. The normalized spacial score (nSPS) is 15.8. The van der Waals surface area contributed by atoms with E-state index in [-0.39, 0.29) is 6.04 Å². The Labute approximate surface area is 190 Å². The molecule has 170 valence electrons. The third-order valence-electron chi connectivity index (χ3n) is 6.03. The summed E-state index contributed by atoms with van der Waals surface area (Å²) in [5.41, 5.74) is 4.39. The van der Waals surface area contributed by atoms with Crippen molar-refractivity contribution in [2.75, 3.05) is 26.7 Å². The first-order valence-electron chi connectivity index (χ1n) is 11.4. The molecule has 1 fully saturated rings. The Morgan fingerprint density at radius 3 is 2.53 bits per heavy atom. The summed E-state index contributed by atoms with van der Waals surface area (Å²) in [5.74, 6) is 2.75. The van der Waals surface area contributed by atoms with Crippen molar-refractivity contribution >= 4 is 5.96 Å². The van der Waals surface area contributed by atoms with E-state index in [0.717, 1.165) is 54.2 Å². The van der Waals surface area contributed by atoms with Crippen LogP contribution in [-0.4, -0.2) is 47.3 Å². The average molecular weight is 435 g/mol. The van der Waals surface area contributed by atoms with Crippen molar-refractivity contribution in [2.24, 2.45) is 4.99 Å². The maximum atomic E-state index is 5.98. The van der Waals surface area contributed by atoms with E-state index in [4.69, 9.17) is 4.42 Å². The number of likely N-dealkylation sites (tertiary alicyclic amines) is 1. The van der Waals surface area contributed by atoms with Crippen LogP contribution in [0.2, 0.25) is 0 Å². The first kappa shape index (κ1) is 22.1. The third-order valence-corrected chi connectivity index (χ3v) is 6.03. The fraction of sp³-hybridized carbons (Fsp3) is 0.440. The smallest absolute Gasteiger partial charge is 0.191 e. The first-order chi connectivity index (χ1) is 15.5. The number of nitrogens with zero attached hydrogens (tertiary/aromatic N) is 4. The molecule has 3 aromatic rings. The van der Waals surface area contributed by atoms with Crippen molar-refractivity contribution in [1.29, 1.82) is 0 Å². The number of hydrogen-bond acceptors (Lipinski definition) is 4. The molecule has 1 aliphatic heterocycles. The van der Waals surface area contributed by atoms with Gasteiger partial charge in [-0.1, -0.05) is 18.2 Å². The summed E-state index contributed by atoms with van der Waals surface area (Å²) in [4.78, 5) is 6.94. The zero-order chi connectivity index (χ0) is 22.5. The van der Waals surface area contributed by atoms with Gasteiger partial charge in [0.1, 0.15) is 11.5 Å². The van der Waals surface area contributed by atoms with Crippen LogP contribution >= 0.6 is 0 Å². The van der Waals surface area contributed by atoms with Crippen molar-refractivity contribution in [2.45, 2.75) is 46.2 Å². The quantitative estimate of drug-likeness (QED) is 0.436. The summed E-state index contributed by atoms with van der Waals surface area (Å²) in [6.07, 6.45) is 2.48. The fourth-order valence-corrected chi connectivity index (χ4v) is 4.43. The van der Waals surface area contributed by atoms with Gasteiger partial charge in [-0.25, -0.2) is 4.68 Å². The first-order valence-corrected chi connectivity index (χ1v) is 11.4. The SMILES string of the molecule is CN=C(NCc1ccccc1-n1nc(C)cc1C)NCC(c1ccc(C)o1)N1CCCC1. The lowest BCUT2D eigenvalue weighted by molar-refractivity contribution is 0.213. The summed E-state index contributed by atoms with van der Waals surface area (Å²) >= 11 is 0. The maximum absolute atomic E-state index is 5.98. The molecule has 1 unspecified atom stereocenters. The van der Waals surface area contributed by atoms with Gasteiger partial charge in [-0.05, 0) is 76.5 Å². The highest BCUT2D eigenvalue weighted by atomic mass is 16.3. The Balaban J connectivity index is 1.43. The van der Waals surface area contributed by atoms with Crippen LogP contribution < -0.4 is 10.6 Å². The second kappa shape index (κ2) is 10.0. The monoisotopic (exact) mass is 434 g/mol. The molecule has 7 nitrogen and oxygen atoms in total. The van der Waals surface area contributed by atoms with E-state index in [0.29, 0.717) is 6.54 Å². The van der Waals surface area contributed by atoms with Gasteiger partial charge in [-0.15, -0.1) is 0 Å². The van der Waals surface area contributed by atoms with Gasteiger partial charge >= 0.3 is 0 Å². The van der Waals surface area contributed by atoms with Gasteiger partial charge in [0.25, 0.3) is 0 Å². The summed E-state index contributed by atoms with van der Waals surface area (Å²) < 4.78 is 7.98. The zero-order valence-electron chi connectivity index (χ0n) is 19.6. The van der Waals surface area contributed by atoms with Crippen LogP contribution in [0.3, 0.4) is 0 Å². The van der Waals surface area contributed by atoms with Gasteiger partial charge in [0.05, 0.1) is 17.4 Å². The molecule has 1 aromatic carbocycles. The molecule has 0 amide bonds. The van der Waals surface area contributed by atoms with Crippen LogP contribution in [-0.2, 0) is 6.54 Å².